The quantitative estimate of drug-likeness (QED) is 0.597. The smallest absolute Gasteiger partial charge is 0.293 e. The number of carbonyl (C=O) groups is 1. The summed E-state index contributed by atoms with van der Waals surface area (Å²) in [5.74, 6) is -0.309. The van der Waals surface area contributed by atoms with Gasteiger partial charge >= 0.3 is 0 Å². The Morgan fingerprint density at radius 3 is 2.62 bits per heavy atom. The number of para-hydroxylation sites is 1. The van der Waals surface area contributed by atoms with Gasteiger partial charge in [0, 0.05) is 23.9 Å². The molecule has 0 spiro atoms. The number of nitrogens with zero attached hydrogens (tertiary/aromatic N) is 1. The van der Waals surface area contributed by atoms with Gasteiger partial charge in [0.1, 0.15) is 5.69 Å². The fraction of sp³-hybridized carbons (Fsp3) is 0.500. The van der Waals surface area contributed by atoms with Gasteiger partial charge in [-0.15, -0.1) is 0 Å². The third kappa shape index (κ3) is 4.63. The molecule has 1 amide bonds. The molecule has 0 radical (unpaired) electrons. The number of anilines is 1. The summed E-state index contributed by atoms with van der Waals surface area (Å²) in [5.41, 5.74) is 0.473. The van der Waals surface area contributed by atoms with E-state index in [4.69, 9.17) is 0 Å². The summed E-state index contributed by atoms with van der Waals surface area (Å²) in [5, 5.41) is 16.8. The van der Waals surface area contributed by atoms with Gasteiger partial charge in [-0.05, 0) is 33.1 Å². The van der Waals surface area contributed by atoms with Crippen molar-refractivity contribution >= 4 is 29.0 Å². The molecule has 0 aliphatic heterocycles. The Balaban J connectivity index is 3.03. The molecule has 0 atom stereocenters. The minimum absolute atomic E-state index is 0.0886. The van der Waals surface area contributed by atoms with Crippen LogP contribution in [0.2, 0.25) is 0 Å². The number of thioether (sulfide) groups is 1. The summed E-state index contributed by atoms with van der Waals surface area (Å²) in [7, 11) is 0. The molecule has 0 aliphatic carbocycles. The van der Waals surface area contributed by atoms with Gasteiger partial charge in [0.25, 0.3) is 11.6 Å². The molecule has 116 valence electrons. The summed E-state index contributed by atoms with van der Waals surface area (Å²) in [6.07, 6.45) is 1.98. The first-order valence-corrected chi connectivity index (χ1v) is 7.89. The third-order valence-electron chi connectivity index (χ3n) is 3.06. The number of amides is 1. The lowest BCUT2D eigenvalue weighted by molar-refractivity contribution is -0.384. The van der Waals surface area contributed by atoms with Crippen LogP contribution in [0.25, 0.3) is 0 Å². The molecule has 1 aromatic carbocycles. The van der Waals surface area contributed by atoms with Crippen LogP contribution in [0.5, 0.6) is 0 Å². The third-order valence-corrected chi connectivity index (χ3v) is 4.31. The Hall–Kier alpha value is -1.76. The Labute approximate surface area is 128 Å². The lowest BCUT2D eigenvalue weighted by atomic mass is 10.1. The van der Waals surface area contributed by atoms with Crippen LogP contribution >= 0.6 is 11.8 Å². The van der Waals surface area contributed by atoms with E-state index in [1.165, 1.54) is 12.1 Å². The topological polar surface area (TPSA) is 84.3 Å². The zero-order chi connectivity index (χ0) is 16.0. The van der Waals surface area contributed by atoms with Gasteiger partial charge in [0.2, 0.25) is 0 Å². The molecule has 7 heteroatoms. The average molecular weight is 311 g/mol. The molecule has 0 fully saturated rings. The number of nitrogens with one attached hydrogen (secondary N) is 2. The van der Waals surface area contributed by atoms with Crippen molar-refractivity contribution in [2.24, 2.45) is 0 Å². The van der Waals surface area contributed by atoms with Gasteiger partial charge in [-0.25, -0.2) is 0 Å². The van der Waals surface area contributed by atoms with E-state index in [9.17, 15) is 14.9 Å². The number of rotatable bonds is 7. The molecule has 0 saturated carbocycles. The number of hydrogen-bond acceptors (Lipinski definition) is 5. The fourth-order valence-corrected chi connectivity index (χ4v) is 1.92. The maximum Gasteiger partial charge on any atom is 0.293 e. The monoisotopic (exact) mass is 311 g/mol. The van der Waals surface area contributed by atoms with E-state index in [0.717, 1.165) is 0 Å². The van der Waals surface area contributed by atoms with Crippen molar-refractivity contribution in [1.82, 2.24) is 5.32 Å². The summed E-state index contributed by atoms with van der Waals surface area (Å²) < 4.78 is -0.0886. The predicted molar refractivity (Wildman–Crippen MR) is 87.2 cm³/mol. The lowest BCUT2D eigenvalue weighted by Gasteiger charge is -2.22. The Morgan fingerprint density at radius 1 is 1.43 bits per heavy atom. The molecule has 0 bridgehead atoms. The minimum Gasteiger partial charge on any atom is -0.379 e. The second kappa shape index (κ2) is 7.31. The second-order valence-electron chi connectivity index (χ2n) is 5.13. The van der Waals surface area contributed by atoms with Crippen LogP contribution < -0.4 is 10.6 Å². The first-order valence-electron chi connectivity index (χ1n) is 6.67. The molecule has 0 aromatic heterocycles. The van der Waals surface area contributed by atoms with Crippen molar-refractivity contribution in [3.63, 3.8) is 0 Å². The van der Waals surface area contributed by atoms with Crippen LogP contribution in [0.1, 0.15) is 31.1 Å². The molecule has 0 saturated heterocycles. The van der Waals surface area contributed by atoms with Crippen molar-refractivity contribution < 1.29 is 9.72 Å². The first-order chi connectivity index (χ1) is 9.82. The van der Waals surface area contributed by atoms with E-state index in [2.05, 4.69) is 10.6 Å². The minimum atomic E-state index is -0.486. The summed E-state index contributed by atoms with van der Waals surface area (Å²) >= 11 is 1.65. The van der Waals surface area contributed by atoms with Crippen molar-refractivity contribution in [3.8, 4) is 0 Å². The number of hydrogen-bond donors (Lipinski definition) is 2. The van der Waals surface area contributed by atoms with Gasteiger partial charge in [-0.1, -0.05) is 6.07 Å². The van der Waals surface area contributed by atoms with Gasteiger partial charge in [-0.3, -0.25) is 14.9 Å². The number of benzene rings is 1. The van der Waals surface area contributed by atoms with E-state index in [-0.39, 0.29) is 22.0 Å². The maximum atomic E-state index is 12.3. The highest BCUT2D eigenvalue weighted by Crippen LogP contribution is 2.28. The lowest BCUT2D eigenvalue weighted by Crippen LogP contribution is -2.36. The molecule has 21 heavy (non-hydrogen) atoms. The maximum absolute atomic E-state index is 12.3. The van der Waals surface area contributed by atoms with E-state index in [1.54, 1.807) is 17.8 Å². The summed E-state index contributed by atoms with van der Waals surface area (Å²) in [6.45, 7) is 6.87. The van der Waals surface area contributed by atoms with Gasteiger partial charge < -0.3 is 10.6 Å². The highest BCUT2D eigenvalue weighted by Gasteiger charge is 2.23. The Kier molecular flexibility index (Phi) is 6.02. The highest BCUT2D eigenvalue weighted by molar-refractivity contribution is 7.99. The first kappa shape index (κ1) is 17.3. The molecule has 6 nitrogen and oxygen atoms in total. The molecule has 0 aliphatic rings. The Morgan fingerprint density at radius 2 is 2.10 bits per heavy atom. The molecule has 0 unspecified atom stereocenters. The summed E-state index contributed by atoms with van der Waals surface area (Å²) in [4.78, 5) is 22.9. The largest absolute Gasteiger partial charge is 0.379 e. The van der Waals surface area contributed by atoms with Crippen molar-refractivity contribution in [2.75, 3.05) is 24.7 Å². The molecule has 0 heterocycles. The zero-order valence-corrected chi connectivity index (χ0v) is 13.5. The highest BCUT2D eigenvalue weighted by atomic mass is 32.2. The van der Waals surface area contributed by atoms with Crippen molar-refractivity contribution in [2.45, 2.75) is 25.5 Å². The molecular weight excluding hydrogens is 290 g/mol. The van der Waals surface area contributed by atoms with Crippen LogP contribution in [0.15, 0.2) is 18.2 Å². The van der Waals surface area contributed by atoms with E-state index >= 15 is 0 Å². The molecule has 1 rings (SSSR count). The van der Waals surface area contributed by atoms with Crippen LogP contribution in [0.4, 0.5) is 11.4 Å². The average Bonchev–Trinajstić information content (AvgIpc) is 2.45. The van der Waals surface area contributed by atoms with Crippen LogP contribution in [-0.4, -0.2) is 34.9 Å². The number of nitro benzene ring substituents is 1. The number of nitro groups is 1. The van der Waals surface area contributed by atoms with Gasteiger partial charge in [0.15, 0.2) is 0 Å². The van der Waals surface area contributed by atoms with E-state index in [0.29, 0.717) is 18.7 Å². The molecule has 2 N–H and O–H groups in total. The standard InChI is InChI=1S/C14H21N3O3S/c1-5-15-12-10(7-6-8-11(12)17(19)20)13(18)16-9-14(2,3)21-4/h6-8,15H,5,9H2,1-4H3,(H,16,18). The zero-order valence-electron chi connectivity index (χ0n) is 12.7. The normalized spacial score (nSPS) is 11.0. The molecule has 1 aromatic rings. The van der Waals surface area contributed by atoms with Gasteiger partial charge in [-0.2, -0.15) is 11.8 Å². The van der Waals surface area contributed by atoms with E-state index in [1.807, 2.05) is 27.0 Å². The Bertz CT molecular complexity index is 532. The second-order valence-corrected chi connectivity index (χ2v) is 6.65. The van der Waals surface area contributed by atoms with Crippen LogP contribution in [0.3, 0.4) is 0 Å². The number of carbonyl (C=O) groups excluding carboxylic acids is 1. The van der Waals surface area contributed by atoms with E-state index < -0.39 is 4.92 Å². The van der Waals surface area contributed by atoms with Crippen molar-refractivity contribution in [1.29, 1.82) is 0 Å². The molecular formula is C14H21N3O3S. The fourth-order valence-electron chi connectivity index (χ4n) is 1.70. The summed E-state index contributed by atoms with van der Waals surface area (Å²) in [6, 6.07) is 4.50. The SMILES string of the molecule is CCNc1c(C(=O)NCC(C)(C)SC)cccc1[N+](=O)[O-]. The van der Waals surface area contributed by atoms with Gasteiger partial charge in [0.05, 0.1) is 10.5 Å². The van der Waals surface area contributed by atoms with Crippen LogP contribution in [-0.2, 0) is 0 Å². The van der Waals surface area contributed by atoms with Crippen molar-refractivity contribution in [3.05, 3.63) is 33.9 Å². The van der Waals surface area contributed by atoms with Crippen LogP contribution in [0, 0.1) is 10.1 Å². The predicted octanol–water partition coefficient (Wildman–Crippen LogP) is 2.90.